The number of hydrogen-bond donors (Lipinski definition) is 2. The lowest BCUT2D eigenvalue weighted by atomic mass is 10.0. The van der Waals surface area contributed by atoms with Crippen LogP contribution in [0.15, 0.2) is 41.0 Å². The lowest BCUT2D eigenvalue weighted by Gasteiger charge is -2.28. The van der Waals surface area contributed by atoms with Gasteiger partial charge in [-0.05, 0) is 38.7 Å². The first-order valence-electron chi connectivity index (χ1n) is 8.61. The van der Waals surface area contributed by atoms with Gasteiger partial charge in [0.25, 0.3) is 0 Å². The second-order valence-corrected chi connectivity index (χ2v) is 6.51. The summed E-state index contributed by atoms with van der Waals surface area (Å²) in [6.45, 7) is 0.862. The van der Waals surface area contributed by atoms with Crippen molar-refractivity contribution >= 4 is 6.03 Å². The third-order valence-corrected chi connectivity index (χ3v) is 4.46. The Morgan fingerprint density at radius 1 is 1.35 bits per heavy atom. The van der Waals surface area contributed by atoms with E-state index in [2.05, 4.69) is 10.6 Å². The van der Waals surface area contributed by atoms with E-state index < -0.39 is 0 Å². The molecule has 1 aliphatic rings. The number of nitrogens with zero attached hydrogens (tertiary/aromatic N) is 1. The molecule has 2 N–H and O–H groups in total. The number of ether oxygens (including phenoxy) is 2. The first-order valence-corrected chi connectivity index (χ1v) is 8.61. The van der Waals surface area contributed by atoms with Gasteiger partial charge in [0.2, 0.25) is 0 Å². The summed E-state index contributed by atoms with van der Waals surface area (Å²) in [6, 6.07) is 9.20. The lowest BCUT2D eigenvalue weighted by Crippen LogP contribution is -2.48. The molecule has 1 aromatic carbocycles. The molecule has 0 bridgehead atoms. The van der Waals surface area contributed by atoms with Crippen LogP contribution in [0.4, 0.5) is 4.79 Å². The summed E-state index contributed by atoms with van der Waals surface area (Å²) in [7, 11) is 5.52. The average molecular weight is 359 g/mol. The van der Waals surface area contributed by atoms with Crippen LogP contribution >= 0.6 is 0 Å². The fourth-order valence-corrected chi connectivity index (χ4v) is 3.09. The second-order valence-electron chi connectivity index (χ2n) is 6.51. The van der Waals surface area contributed by atoms with Gasteiger partial charge < -0.3 is 24.5 Å². The molecule has 2 unspecified atom stereocenters. The van der Waals surface area contributed by atoms with Crippen molar-refractivity contribution in [2.24, 2.45) is 0 Å². The van der Waals surface area contributed by atoms with Crippen LogP contribution in [0.1, 0.15) is 17.4 Å². The van der Waals surface area contributed by atoms with Gasteiger partial charge in [0.05, 0.1) is 25.5 Å². The smallest absolute Gasteiger partial charge is 0.315 e. The molecule has 0 fully saturated rings. The molecule has 2 amide bonds. The molecule has 3 rings (SSSR count). The maximum atomic E-state index is 12.3. The number of carbonyl (C=O) groups excluding carboxylic acids is 1. The topological polar surface area (TPSA) is 76.0 Å². The fourth-order valence-electron chi connectivity index (χ4n) is 3.09. The monoisotopic (exact) mass is 359 g/mol. The van der Waals surface area contributed by atoms with Crippen LogP contribution < -0.4 is 20.1 Å². The number of nitrogens with one attached hydrogen (secondary N) is 2. The Hall–Kier alpha value is -2.67. The van der Waals surface area contributed by atoms with Crippen molar-refractivity contribution in [2.75, 3.05) is 34.4 Å². The molecule has 0 saturated heterocycles. The summed E-state index contributed by atoms with van der Waals surface area (Å²) in [6.07, 6.45) is 2.34. The van der Waals surface area contributed by atoms with Gasteiger partial charge in [-0.1, -0.05) is 12.1 Å². The predicted molar refractivity (Wildman–Crippen MR) is 97.7 cm³/mol. The number of benzene rings is 1. The zero-order chi connectivity index (χ0) is 18.5. The van der Waals surface area contributed by atoms with E-state index in [9.17, 15) is 4.79 Å². The van der Waals surface area contributed by atoms with Crippen LogP contribution in [0.25, 0.3) is 0 Å². The molecule has 0 aliphatic carbocycles. The number of methoxy groups -OCH3 is 1. The van der Waals surface area contributed by atoms with Crippen LogP contribution in [-0.4, -0.2) is 51.3 Å². The van der Waals surface area contributed by atoms with E-state index in [1.165, 1.54) is 0 Å². The van der Waals surface area contributed by atoms with Gasteiger partial charge in [0.1, 0.15) is 12.4 Å². The van der Waals surface area contributed by atoms with Gasteiger partial charge in [-0.25, -0.2) is 4.79 Å². The highest BCUT2D eigenvalue weighted by Gasteiger charge is 2.24. The number of carbonyl (C=O) groups is 1. The Bertz CT molecular complexity index is 730. The highest BCUT2D eigenvalue weighted by Crippen LogP contribution is 2.34. The average Bonchev–Trinajstić information content (AvgIpc) is 3.15. The summed E-state index contributed by atoms with van der Waals surface area (Å²) < 4.78 is 16.6. The van der Waals surface area contributed by atoms with Crippen LogP contribution in [0, 0.1) is 0 Å². The van der Waals surface area contributed by atoms with Crippen LogP contribution in [-0.2, 0) is 6.42 Å². The van der Waals surface area contributed by atoms with Gasteiger partial charge in [-0.3, -0.25) is 4.90 Å². The number of hydrogen-bond acceptors (Lipinski definition) is 5. The van der Waals surface area contributed by atoms with Crippen molar-refractivity contribution in [3.8, 4) is 11.5 Å². The Morgan fingerprint density at radius 3 is 2.88 bits per heavy atom. The molecular weight excluding hydrogens is 334 g/mol. The van der Waals surface area contributed by atoms with E-state index in [1.807, 2.05) is 49.3 Å². The minimum atomic E-state index is -0.219. The molecule has 26 heavy (non-hydrogen) atoms. The van der Waals surface area contributed by atoms with E-state index in [4.69, 9.17) is 13.9 Å². The highest BCUT2D eigenvalue weighted by molar-refractivity contribution is 5.74. The van der Waals surface area contributed by atoms with Gasteiger partial charge in [0, 0.05) is 12.1 Å². The van der Waals surface area contributed by atoms with E-state index in [0.29, 0.717) is 19.6 Å². The van der Waals surface area contributed by atoms with Gasteiger partial charge in [-0.2, -0.15) is 0 Å². The first-order chi connectivity index (χ1) is 12.6. The standard InChI is InChI=1S/C19H25N3O4/c1-22(2)15(16-8-5-9-25-16)11-20-19(23)21-14-10-13-6-4-7-17(24-3)18(13)26-12-14/h4-9,14-15H,10-12H2,1-3H3,(H2,20,21,23). The van der Waals surface area contributed by atoms with Crippen molar-refractivity contribution in [1.29, 1.82) is 0 Å². The molecule has 1 aromatic heterocycles. The highest BCUT2D eigenvalue weighted by atomic mass is 16.5. The number of urea groups is 1. The summed E-state index contributed by atoms with van der Waals surface area (Å²) in [5, 5.41) is 5.89. The Kier molecular flexibility index (Phi) is 5.68. The lowest BCUT2D eigenvalue weighted by molar-refractivity contribution is 0.204. The number of furan rings is 1. The zero-order valence-corrected chi connectivity index (χ0v) is 15.3. The molecule has 0 radical (unpaired) electrons. The Labute approximate surface area is 153 Å². The molecule has 2 aromatic rings. The summed E-state index contributed by atoms with van der Waals surface area (Å²) >= 11 is 0. The SMILES string of the molecule is COc1cccc2c1OCC(NC(=O)NCC(c1ccco1)N(C)C)C2. The van der Waals surface area contributed by atoms with Crippen molar-refractivity contribution in [3.63, 3.8) is 0 Å². The first kappa shape index (κ1) is 18.1. The number of fused-ring (bicyclic) bond motifs is 1. The van der Waals surface area contributed by atoms with Crippen molar-refractivity contribution < 1.29 is 18.7 Å². The molecule has 140 valence electrons. The Balaban J connectivity index is 1.54. The fraction of sp³-hybridized carbons (Fsp3) is 0.421. The van der Waals surface area contributed by atoms with E-state index in [1.54, 1.807) is 13.4 Å². The summed E-state index contributed by atoms with van der Waals surface area (Å²) in [4.78, 5) is 14.3. The maximum Gasteiger partial charge on any atom is 0.315 e. The number of likely N-dealkylation sites (N-methyl/N-ethyl adjacent to an activating group) is 1. The maximum absolute atomic E-state index is 12.3. The van der Waals surface area contributed by atoms with E-state index >= 15 is 0 Å². The predicted octanol–water partition coefficient (Wildman–Crippen LogP) is 2.19. The molecule has 2 atom stereocenters. The van der Waals surface area contributed by atoms with E-state index in [0.717, 1.165) is 22.8 Å². The quantitative estimate of drug-likeness (QED) is 0.827. The number of para-hydroxylation sites is 1. The number of amides is 2. The van der Waals surface area contributed by atoms with Crippen LogP contribution in [0.3, 0.4) is 0 Å². The van der Waals surface area contributed by atoms with Gasteiger partial charge in [0.15, 0.2) is 11.5 Å². The largest absolute Gasteiger partial charge is 0.493 e. The number of rotatable bonds is 6. The van der Waals surface area contributed by atoms with Crippen LogP contribution in [0.2, 0.25) is 0 Å². The van der Waals surface area contributed by atoms with Crippen molar-refractivity contribution in [2.45, 2.75) is 18.5 Å². The molecule has 1 aliphatic heterocycles. The third-order valence-electron chi connectivity index (χ3n) is 4.46. The molecule has 0 spiro atoms. The van der Waals surface area contributed by atoms with Gasteiger partial charge >= 0.3 is 6.03 Å². The Morgan fingerprint density at radius 2 is 2.19 bits per heavy atom. The molecular formula is C19H25N3O4. The van der Waals surface area contributed by atoms with Crippen molar-refractivity contribution in [3.05, 3.63) is 47.9 Å². The summed E-state index contributed by atoms with van der Waals surface area (Å²) in [5.41, 5.74) is 1.03. The normalized spacial score (nSPS) is 17.2. The van der Waals surface area contributed by atoms with Crippen LogP contribution in [0.5, 0.6) is 11.5 Å². The molecule has 7 heteroatoms. The molecule has 0 saturated carbocycles. The minimum Gasteiger partial charge on any atom is -0.493 e. The second kappa shape index (κ2) is 8.14. The summed E-state index contributed by atoms with van der Waals surface area (Å²) in [5.74, 6) is 2.30. The minimum absolute atomic E-state index is 0.0247. The van der Waals surface area contributed by atoms with E-state index in [-0.39, 0.29) is 18.1 Å². The van der Waals surface area contributed by atoms with Crippen molar-refractivity contribution in [1.82, 2.24) is 15.5 Å². The van der Waals surface area contributed by atoms with Gasteiger partial charge in [-0.15, -0.1) is 0 Å². The molecule has 7 nitrogen and oxygen atoms in total. The zero-order valence-electron chi connectivity index (χ0n) is 15.3. The molecule has 2 heterocycles. The third kappa shape index (κ3) is 4.11.